The van der Waals surface area contributed by atoms with Gasteiger partial charge < -0.3 is 9.80 Å². The molecule has 2 aliphatic carbocycles. The second-order valence-electron chi connectivity index (χ2n) is 11.6. The predicted octanol–water partition coefficient (Wildman–Crippen LogP) is 8.47. The highest BCUT2D eigenvalue weighted by Gasteiger charge is 2.61. The number of allylic oxidation sites excluding steroid dienone is 1. The van der Waals surface area contributed by atoms with Crippen molar-refractivity contribution < 1.29 is 0 Å². The fourth-order valence-electron chi connectivity index (χ4n) is 8.41. The number of hydrogen-bond acceptors (Lipinski definition) is 2. The van der Waals surface area contributed by atoms with Crippen LogP contribution in [0.5, 0.6) is 0 Å². The van der Waals surface area contributed by atoms with Crippen LogP contribution in [0.15, 0.2) is 84.6 Å². The number of fused-ring (bicyclic) bond motifs is 3. The van der Waals surface area contributed by atoms with Crippen LogP contribution in [-0.2, 0) is 5.54 Å². The molecule has 0 N–H and O–H groups in total. The Bertz CT molecular complexity index is 1300. The van der Waals surface area contributed by atoms with Gasteiger partial charge in [-0.15, -0.1) is 0 Å². The minimum atomic E-state index is -0.102. The Kier molecular flexibility index (Phi) is 5.27. The number of hydrogen-bond donors (Lipinski definition) is 0. The first kappa shape index (κ1) is 22.2. The van der Waals surface area contributed by atoms with Crippen molar-refractivity contribution in [2.24, 2.45) is 11.8 Å². The Morgan fingerprint density at radius 1 is 0.694 bits per heavy atom. The van der Waals surface area contributed by atoms with Crippen LogP contribution in [-0.4, -0.2) is 11.1 Å². The maximum atomic E-state index is 2.97. The van der Waals surface area contributed by atoms with Crippen molar-refractivity contribution in [3.8, 4) is 0 Å². The van der Waals surface area contributed by atoms with Crippen LogP contribution in [0.2, 0.25) is 0 Å². The summed E-state index contributed by atoms with van der Waals surface area (Å²) in [7, 11) is 0. The minimum absolute atomic E-state index is 0.102. The molecule has 0 amide bonds. The average molecular weight is 475 g/mol. The van der Waals surface area contributed by atoms with Crippen molar-refractivity contribution >= 4 is 11.4 Å². The van der Waals surface area contributed by atoms with Crippen LogP contribution >= 0.6 is 0 Å². The number of rotatable bonds is 4. The first-order valence-corrected chi connectivity index (χ1v) is 14.2. The third-order valence-electron chi connectivity index (χ3n) is 9.80. The maximum absolute atomic E-state index is 2.97. The average Bonchev–Trinajstić information content (AvgIpc) is 3.71. The van der Waals surface area contributed by atoms with E-state index in [4.69, 9.17) is 0 Å². The highest BCUT2D eigenvalue weighted by molar-refractivity contribution is 5.84. The van der Waals surface area contributed by atoms with E-state index in [1.54, 1.807) is 5.56 Å². The van der Waals surface area contributed by atoms with Crippen LogP contribution in [0.3, 0.4) is 0 Å². The summed E-state index contributed by atoms with van der Waals surface area (Å²) < 4.78 is 0. The standard InChI is InChI=1S/C34H38N2/c1-24-14-6-13-23-31(24)35-25(2)32-29-21-11-12-22-30(29)34(28-19-9-10-20-28,27-17-4-3-5-18-27)36(32)33(35)26-15-7-8-16-26/h3-6,11-14,17-18,21-23,26,28,33H,7-10,15-16,19-20H2,1-2H3. The zero-order chi connectivity index (χ0) is 24.3. The molecule has 2 saturated carbocycles. The molecule has 0 aromatic heterocycles. The van der Waals surface area contributed by atoms with Crippen LogP contribution in [0.4, 0.5) is 5.69 Å². The van der Waals surface area contributed by atoms with E-state index in [-0.39, 0.29) is 5.54 Å². The molecule has 184 valence electrons. The molecule has 2 fully saturated rings. The van der Waals surface area contributed by atoms with Crippen LogP contribution in [0.1, 0.15) is 80.5 Å². The minimum Gasteiger partial charge on any atom is -0.334 e. The zero-order valence-electron chi connectivity index (χ0n) is 21.8. The quantitative estimate of drug-likeness (QED) is 0.374. The monoisotopic (exact) mass is 474 g/mol. The number of para-hydroxylation sites is 1. The van der Waals surface area contributed by atoms with E-state index in [2.05, 4.69) is 103 Å². The molecule has 4 aliphatic rings. The van der Waals surface area contributed by atoms with Gasteiger partial charge in [0.25, 0.3) is 0 Å². The van der Waals surface area contributed by atoms with Crippen molar-refractivity contribution in [1.82, 2.24) is 4.90 Å². The first-order valence-electron chi connectivity index (χ1n) is 14.2. The molecule has 0 bridgehead atoms. The maximum Gasteiger partial charge on any atom is 0.110 e. The lowest BCUT2D eigenvalue weighted by atomic mass is 9.71. The smallest absolute Gasteiger partial charge is 0.110 e. The van der Waals surface area contributed by atoms with E-state index < -0.39 is 0 Å². The summed E-state index contributed by atoms with van der Waals surface area (Å²) >= 11 is 0. The van der Waals surface area contributed by atoms with E-state index in [1.165, 1.54) is 85.1 Å². The molecular weight excluding hydrogens is 436 g/mol. The molecule has 2 heterocycles. The largest absolute Gasteiger partial charge is 0.334 e. The molecule has 2 aliphatic heterocycles. The summed E-state index contributed by atoms with van der Waals surface area (Å²) in [6.45, 7) is 4.69. The van der Waals surface area contributed by atoms with Gasteiger partial charge in [-0.2, -0.15) is 0 Å². The Morgan fingerprint density at radius 2 is 1.33 bits per heavy atom. The molecule has 2 unspecified atom stereocenters. The summed E-state index contributed by atoms with van der Waals surface area (Å²) in [4.78, 5) is 5.73. The Labute approximate surface area is 216 Å². The van der Waals surface area contributed by atoms with E-state index in [9.17, 15) is 0 Å². The second kappa shape index (κ2) is 8.54. The molecular formula is C34H38N2. The lowest BCUT2D eigenvalue weighted by Crippen LogP contribution is -2.56. The molecule has 2 atom stereocenters. The fraction of sp³-hybridized carbons (Fsp3) is 0.412. The van der Waals surface area contributed by atoms with Gasteiger partial charge in [0.15, 0.2) is 0 Å². The number of anilines is 1. The molecule has 2 nitrogen and oxygen atoms in total. The number of aryl methyl sites for hydroxylation is 1. The normalized spacial score (nSPS) is 26.2. The Hall–Kier alpha value is -3.00. The highest BCUT2D eigenvalue weighted by atomic mass is 15.5. The lowest BCUT2D eigenvalue weighted by molar-refractivity contribution is 0.0792. The molecule has 0 saturated heterocycles. The van der Waals surface area contributed by atoms with E-state index >= 15 is 0 Å². The van der Waals surface area contributed by atoms with Gasteiger partial charge in [0, 0.05) is 16.9 Å². The summed E-state index contributed by atoms with van der Waals surface area (Å²) in [6.07, 6.45) is 11.1. The Morgan fingerprint density at radius 3 is 2.08 bits per heavy atom. The van der Waals surface area contributed by atoms with Crippen molar-refractivity contribution in [3.63, 3.8) is 0 Å². The van der Waals surface area contributed by atoms with Gasteiger partial charge in [0.2, 0.25) is 0 Å². The van der Waals surface area contributed by atoms with E-state index in [0.29, 0.717) is 18.0 Å². The topological polar surface area (TPSA) is 6.48 Å². The Balaban J connectivity index is 1.55. The second-order valence-corrected chi connectivity index (χ2v) is 11.6. The third kappa shape index (κ3) is 2.97. The summed E-state index contributed by atoms with van der Waals surface area (Å²) in [5.74, 6) is 1.31. The molecule has 0 spiro atoms. The molecule has 2 heteroatoms. The summed E-state index contributed by atoms with van der Waals surface area (Å²) in [5.41, 5.74) is 10.1. The molecule has 0 radical (unpaired) electrons. The third-order valence-corrected chi connectivity index (χ3v) is 9.80. The SMILES string of the molecule is CC1=C2c3ccccc3C(c3ccccc3)(C3CCCC3)N2C(C2CCCC2)N1c1ccccc1C. The van der Waals surface area contributed by atoms with Crippen molar-refractivity contribution in [3.05, 3.63) is 107 Å². The number of nitrogens with zero attached hydrogens (tertiary/aromatic N) is 2. The van der Waals surface area contributed by atoms with Gasteiger partial charge in [-0.25, -0.2) is 0 Å². The molecule has 3 aromatic carbocycles. The van der Waals surface area contributed by atoms with Crippen molar-refractivity contribution in [1.29, 1.82) is 0 Å². The molecule has 3 aromatic rings. The van der Waals surface area contributed by atoms with Gasteiger partial charge >= 0.3 is 0 Å². The van der Waals surface area contributed by atoms with Gasteiger partial charge in [-0.05, 0) is 74.1 Å². The summed E-state index contributed by atoms with van der Waals surface area (Å²) in [6, 6.07) is 30.0. The van der Waals surface area contributed by atoms with Gasteiger partial charge in [-0.3, -0.25) is 0 Å². The van der Waals surface area contributed by atoms with Gasteiger partial charge in [0.05, 0.1) is 11.2 Å². The van der Waals surface area contributed by atoms with Crippen LogP contribution in [0, 0.1) is 18.8 Å². The fourth-order valence-corrected chi connectivity index (χ4v) is 8.41. The highest BCUT2D eigenvalue weighted by Crippen LogP contribution is 2.63. The van der Waals surface area contributed by atoms with Crippen molar-refractivity contribution in [2.45, 2.75) is 76.9 Å². The van der Waals surface area contributed by atoms with E-state index in [0.717, 1.165) is 0 Å². The van der Waals surface area contributed by atoms with Gasteiger partial charge in [-0.1, -0.05) is 98.5 Å². The van der Waals surface area contributed by atoms with Crippen molar-refractivity contribution in [2.75, 3.05) is 4.90 Å². The van der Waals surface area contributed by atoms with E-state index in [1.807, 2.05) is 0 Å². The predicted molar refractivity (Wildman–Crippen MR) is 149 cm³/mol. The summed E-state index contributed by atoms with van der Waals surface area (Å²) in [5, 5.41) is 0. The zero-order valence-corrected chi connectivity index (χ0v) is 21.8. The van der Waals surface area contributed by atoms with Gasteiger partial charge in [0.1, 0.15) is 6.17 Å². The van der Waals surface area contributed by atoms with Crippen LogP contribution < -0.4 is 4.90 Å². The number of benzene rings is 3. The first-order chi connectivity index (χ1) is 17.7. The molecule has 36 heavy (non-hydrogen) atoms. The van der Waals surface area contributed by atoms with Crippen LogP contribution in [0.25, 0.3) is 5.70 Å². The lowest BCUT2D eigenvalue weighted by Gasteiger charge is -2.51. The molecule has 7 rings (SSSR count).